The van der Waals surface area contributed by atoms with Crippen molar-refractivity contribution in [3.05, 3.63) is 97.7 Å². The second-order valence-corrected chi connectivity index (χ2v) is 6.91. The molecular weight excluding hydrogens is 378 g/mol. The molecule has 142 valence electrons. The molecule has 0 unspecified atom stereocenters. The third-order valence-corrected chi connectivity index (χ3v) is 4.88. The Morgan fingerprint density at radius 1 is 0.857 bits per heavy atom. The molecule has 3 aromatic rings. The van der Waals surface area contributed by atoms with Gasteiger partial charge in [-0.05, 0) is 34.7 Å². The molecule has 2 N–H and O–H groups in total. The molecule has 3 rings (SSSR count). The highest BCUT2D eigenvalue weighted by Gasteiger charge is 2.09. The second-order valence-electron chi connectivity index (χ2n) is 5.96. The standard InChI is InChI=1S/C20H17N3O4S/c24-19(21-12-15-5-9-17(10-6-15)23(26)27)16-7-3-14(4-8-16)13-22-20(25)18-2-1-11-28-18/h1-11H,12-13H2,(H,21,24)(H,22,25). The molecule has 0 radical (unpaired) electrons. The maximum absolute atomic E-state index is 12.2. The zero-order valence-corrected chi connectivity index (χ0v) is 15.6. The lowest BCUT2D eigenvalue weighted by atomic mass is 10.1. The van der Waals surface area contributed by atoms with Crippen molar-refractivity contribution in [3.63, 3.8) is 0 Å². The lowest BCUT2D eigenvalue weighted by Gasteiger charge is -2.07. The summed E-state index contributed by atoms with van der Waals surface area (Å²) in [5.41, 5.74) is 2.16. The number of nitrogens with one attached hydrogen (secondary N) is 2. The highest BCUT2D eigenvalue weighted by Crippen LogP contribution is 2.12. The Morgan fingerprint density at radius 2 is 1.43 bits per heavy atom. The summed E-state index contributed by atoms with van der Waals surface area (Å²) in [7, 11) is 0. The van der Waals surface area contributed by atoms with Crippen molar-refractivity contribution in [3.8, 4) is 0 Å². The fourth-order valence-corrected chi connectivity index (χ4v) is 3.11. The molecule has 1 heterocycles. The van der Waals surface area contributed by atoms with Gasteiger partial charge in [-0.25, -0.2) is 0 Å². The van der Waals surface area contributed by atoms with Crippen LogP contribution in [-0.2, 0) is 13.1 Å². The molecule has 2 aromatic carbocycles. The van der Waals surface area contributed by atoms with Gasteiger partial charge >= 0.3 is 0 Å². The quantitative estimate of drug-likeness (QED) is 0.472. The van der Waals surface area contributed by atoms with Crippen LogP contribution in [0.1, 0.15) is 31.2 Å². The van der Waals surface area contributed by atoms with Gasteiger partial charge in [-0.1, -0.05) is 30.3 Å². The summed E-state index contributed by atoms with van der Waals surface area (Å²) in [5.74, 6) is -0.368. The SMILES string of the molecule is O=C(NCc1ccc([N+](=O)[O-])cc1)c1ccc(CNC(=O)c2cccs2)cc1. The van der Waals surface area contributed by atoms with E-state index in [1.54, 1.807) is 42.5 Å². The van der Waals surface area contributed by atoms with E-state index in [4.69, 9.17) is 0 Å². The fraction of sp³-hybridized carbons (Fsp3) is 0.100. The minimum Gasteiger partial charge on any atom is -0.348 e. The number of non-ortho nitro benzene ring substituents is 1. The first kappa shape index (κ1) is 19.2. The average molecular weight is 395 g/mol. The first-order valence-corrected chi connectivity index (χ1v) is 9.33. The fourth-order valence-electron chi connectivity index (χ4n) is 2.47. The molecule has 0 aliphatic rings. The number of benzene rings is 2. The molecule has 0 fully saturated rings. The smallest absolute Gasteiger partial charge is 0.269 e. The summed E-state index contributed by atoms with van der Waals surface area (Å²) in [6.07, 6.45) is 0. The van der Waals surface area contributed by atoms with E-state index >= 15 is 0 Å². The minimum absolute atomic E-state index is 0.0110. The molecule has 28 heavy (non-hydrogen) atoms. The monoisotopic (exact) mass is 395 g/mol. The first-order chi connectivity index (χ1) is 13.5. The third kappa shape index (κ3) is 5.01. The summed E-state index contributed by atoms with van der Waals surface area (Å²) in [4.78, 5) is 35.0. The Kier molecular flexibility index (Phi) is 6.13. The number of carbonyl (C=O) groups excluding carboxylic acids is 2. The lowest BCUT2D eigenvalue weighted by Crippen LogP contribution is -2.23. The van der Waals surface area contributed by atoms with Crippen LogP contribution in [-0.4, -0.2) is 16.7 Å². The number of amides is 2. The van der Waals surface area contributed by atoms with Gasteiger partial charge in [0.05, 0.1) is 9.80 Å². The van der Waals surface area contributed by atoms with E-state index in [9.17, 15) is 19.7 Å². The second kappa shape index (κ2) is 8.92. The molecule has 1 aromatic heterocycles. The van der Waals surface area contributed by atoms with Gasteiger partial charge < -0.3 is 10.6 Å². The highest BCUT2D eigenvalue weighted by atomic mass is 32.1. The van der Waals surface area contributed by atoms with Crippen molar-refractivity contribution in [2.24, 2.45) is 0 Å². The van der Waals surface area contributed by atoms with Gasteiger partial charge in [-0.2, -0.15) is 0 Å². The zero-order chi connectivity index (χ0) is 19.9. The van der Waals surface area contributed by atoms with Gasteiger partial charge in [0.2, 0.25) is 0 Å². The van der Waals surface area contributed by atoms with Crippen molar-refractivity contribution in [2.45, 2.75) is 13.1 Å². The van der Waals surface area contributed by atoms with Crippen LogP contribution < -0.4 is 10.6 Å². The van der Waals surface area contributed by atoms with Crippen LogP contribution in [0.25, 0.3) is 0 Å². The van der Waals surface area contributed by atoms with E-state index in [0.29, 0.717) is 17.0 Å². The molecule has 0 atom stereocenters. The van der Waals surface area contributed by atoms with Crippen molar-refractivity contribution in [2.75, 3.05) is 0 Å². The first-order valence-electron chi connectivity index (χ1n) is 8.45. The number of hydrogen-bond donors (Lipinski definition) is 2. The molecule has 0 saturated carbocycles. The van der Waals surface area contributed by atoms with E-state index < -0.39 is 4.92 Å². The summed E-state index contributed by atoms with van der Waals surface area (Å²) < 4.78 is 0. The number of nitrogens with zero attached hydrogens (tertiary/aromatic N) is 1. The van der Waals surface area contributed by atoms with Gasteiger partial charge in [0, 0.05) is 30.8 Å². The molecular formula is C20H17N3O4S. The summed E-state index contributed by atoms with van der Waals surface area (Å²) in [6, 6.07) is 16.6. The van der Waals surface area contributed by atoms with Crippen LogP contribution in [0.4, 0.5) is 5.69 Å². The summed E-state index contributed by atoms with van der Waals surface area (Å²) in [6.45, 7) is 0.650. The van der Waals surface area contributed by atoms with Gasteiger partial charge in [0.25, 0.3) is 17.5 Å². The maximum atomic E-state index is 12.2. The van der Waals surface area contributed by atoms with Crippen molar-refractivity contribution in [1.29, 1.82) is 0 Å². The number of carbonyl (C=O) groups is 2. The Bertz CT molecular complexity index is 968. The van der Waals surface area contributed by atoms with Crippen molar-refractivity contribution >= 4 is 28.8 Å². The number of thiophene rings is 1. The highest BCUT2D eigenvalue weighted by molar-refractivity contribution is 7.12. The molecule has 0 saturated heterocycles. The lowest BCUT2D eigenvalue weighted by molar-refractivity contribution is -0.384. The third-order valence-electron chi connectivity index (χ3n) is 4.01. The topological polar surface area (TPSA) is 101 Å². The zero-order valence-electron chi connectivity index (χ0n) is 14.8. The van der Waals surface area contributed by atoms with E-state index in [0.717, 1.165) is 11.1 Å². The molecule has 0 spiro atoms. The molecule has 2 amide bonds. The maximum Gasteiger partial charge on any atom is 0.269 e. The van der Waals surface area contributed by atoms with Crippen LogP contribution in [0.15, 0.2) is 66.0 Å². The Labute approximate surface area is 165 Å². The van der Waals surface area contributed by atoms with Crippen LogP contribution in [0.2, 0.25) is 0 Å². The van der Waals surface area contributed by atoms with Crippen LogP contribution in [0.5, 0.6) is 0 Å². The van der Waals surface area contributed by atoms with Gasteiger partial charge in [0.1, 0.15) is 0 Å². The van der Waals surface area contributed by atoms with Gasteiger partial charge in [-0.15, -0.1) is 11.3 Å². The van der Waals surface area contributed by atoms with E-state index in [1.807, 2.05) is 11.4 Å². The Hall–Kier alpha value is -3.52. The number of nitro groups is 1. The number of rotatable bonds is 7. The predicted octanol–water partition coefficient (Wildman–Crippen LogP) is 3.52. The molecule has 8 heteroatoms. The molecule has 0 bridgehead atoms. The average Bonchev–Trinajstić information content (AvgIpc) is 3.26. The van der Waals surface area contributed by atoms with E-state index in [-0.39, 0.29) is 24.0 Å². The number of hydrogen-bond acceptors (Lipinski definition) is 5. The summed E-state index contributed by atoms with van der Waals surface area (Å²) in [5, 5.41) is 18.1. The van der Waals surface area contributed by atoms with Crippen LogP contribution >= 0.6 is 11.3 Å². The Balaban J connectivity index is 1.50. The molecule has 7 nitrogen and oxygen atoms in total. The van der Waals surface area contributed by atoms with Gasteiger partial charge in [0.15, 0.2) is 0 Å². The van der Waals surface area contributed by atoms with E-state index in [2.05, 4.69) is 10.6 Å². The number of nitro benzene ring substituents is 1. The Morgan fingerprint density at radius 3 is 1.96 bits per heavy atom. The normalized spacial score (nSPS) is 10.3. The van der Waals surface area contributed by atoms with Crippen LogP contribution in [0.3, 0.4) is 0 Å². The minimum atomic E-state index is -0.466. The van der Waals surface area contributed by atoms with Gasteiger partial charge in [-0.3, -0.25) is 19.7 Å². The molecule has 0 aliphatic carbocycles. The largest absolute Gasteiger partial charge is 0.348 e. The van der Waals surface area contributed by atoms with Crippen LogP contribution in [0, 0.1) is 10.1 Å². The predicted molar refractivity (Wildman–Crippen MR) is 106 cm³/mol. The van der Waals surface area contributed by atoms with Crippen molar-refractivity contribution < 1.29 is 14.5 Å². The summed E-state index contributed by atoms with van der Waals surface area (Å²) >= 11 is 1.38. The van der Waals surface area contributed by atoms with Crippen molar-refractivity contribution in [1.82, 2.24) is 10.6 Å². The molecule has 0 aliphatic heterocycles. The van der Waals surface area contributed by atoms with E-state index in [1.165, 1.54) is 23.5 Å².